The van der Waals surface area contributed by atoms with Crippen LogP contribution in [0.4, 0.5) is 0 Å². The minimum atomic E-state index is -0.712. The molecule has 0 N–H and O–H groups in total. The van der Waals surface area contributed by atoms with Crippen LogP contribution < -0.4 is 31.8 Å². The van der Waals surface area contributed by atoms with Gasteiger partial charge in [-0.1, -0.05) is 188 Å². The van der Waals surface area contributed by atoms with Crippen LogP contribution in [0.2, 0.25) is 0 Å². The number of rotatable bonds is 9. The van der Waals surface area contributed by atoms with Gasteiger partial charge in [0.15, 0.2) is 0 Å². The first-order chi connectivity index (χ1) is 28.3. The van der Waals surface area contributed by atoms with Gasteiger partial charge in [0.2, 0.25) is 0 Å². The molecule has 0 aliphatic carbocycles. The molecule has 0 bridgehead atoms. The lowest BCUT2D eigenvalue weighted by molar-refractivity contribution is 1.18. The van der Waals surface area contributed by atoms with Gasteiger partial charge in [0.05, 0.1) is 11.0 Å². The highest BCUT2D eigenvalue weighted by Crippen LogP contribution is 2.40. The third-order valence-corrected chi connectivity index (χ3v) is 15.6. The van der Waals surface area contributed by atoms with E-state index in [0.717, 1.165) is 5.69 Å². The molecule has 0 spiro atoms. The van der Waals surface area contributed by atoms with Crippen LogP contribution in [0.3, 0.4) is 0 Å². The maximum Gasteiger partial charge on any atom is 0.0541 e. The van der Waals surface area contributed by atoms with Crippen LogP contribution in [0, 0.1) is 0 Å². The van der Waals surface area contributed by atoms with Crippen LogP contribution >= 0.6 is 15.8 Å². The van der Waals surface area contributed by atoms with Crippen molar-refractivity contribution >= 4 is 69.5 Å². The number of hydrogen-bond acceptors (Lipinski definition) is 0. The standard InChI is InChI=1S/C54H39NP2/c1-6-20-44(21-7-1)55-53-34-32-42(40-18-16-30-49(36-40)56(45-22-8-2-9-23-45)46-24-10-3-11-25-46)38-51(53)52-39-43(33-35-54(52)55)41-19-17-31-50(37-41)57(47-26-12-4-13-27-47)48-28-14-5-15-29-48/h1-39H. The monoisotopic (exact) mass is 763 g/mol. The maximum atomic E-state index is 2.42. The smallest absolute Gasteiger partial charge is 0.0541 e. The summed E-state index contributed by atoms with van der Waals surface area (Å²) in [5.74, 6) is 0. The van der Waals surface area contributed by atoms with Gasteiger partial charge in [-0.05, 0) is 118 Å². The van der Waals surface area contributed by atoms with Crippen molar-refractivity contribution in [3.63, 3.8) is 0 Å². The van der Waals surface area contributed by atoms with Crippen LogP contribution in [-0.2, 0) is 0 Å². The van der Waals surface area contributed by atoms with Gasteiger partial charge < -0.3 is 4.57 Å². The summed E-state index contributed by atoms with van der Waals surface area (Å²) >= 11 is 0. The molecular weight excluding hydrogens is 725 g/mol. The highest BCUT2D eigenvalue weighted by atomic mass is 31.1. The summed E-state index contributed by atoms with van der Waals surface area (Å²) in [6.45, 7) is 0. The summed E-state index contributed by atoms with van der Waals surface area (Å²) in [7, 11) is -1.42. The predicted octanol–water partition coefficient (Wildman–Crippen LogP) is 11.6. The lowest BCUT2D eigenvalue weighted by Crippen LogP contribution is -2.20. The third kappa shape index (κ3) is 6.92. The number of para-hydroxylation sites is 1. The second-order valence-corrected chi connectivity index (χ2v) is 18.7. The zero-order chi connectivity index (χ0) is 38.0. The normalized spacial score (nSPS) is 11.5. The van der Waals surface area contributed by atoms with E-state index in [4.69, 9.17) is 0 Å². The van der Waals surface area contributed by atoms with Crippen molar-refractivity contribution in [2.24, 2.45) is 0 Å². The number of benzene rings is 9. The van der Waals surface area contributed by atoms with E-state index in [1.54, 1.807) is 0 Å². The molecule has 0 amide bonds. The van der Waals surface area contributed by atoms with Gasteiger partial charge in [-0.25, -0.2) is 0 Å². The fourth-order valence-corrected chi connectivity index (χ4v) is 12.8. The van der Waals surface area contributed by atoms with E-state index < -0.39 is 15.8 Å². The number of hydrogen-bond donors (Lipinski definition) is 0. The fraction of sp³-hybridized carbons (Fsp3) is 0. The molecular formula is C54H39NP2. The minimum absolute atomic E-state index is 0.712. The van der Waals surface area contributed by atoms with Gasteiger partial charge in [-0.3, -0.25) is 0 Å². The average Bonchev–Trinajstić information content (AvgIpc) is 3.62. The Bertz CT molecular complexity index is 2680. The summed E-state index contributed by atoms with van der Waals surface area (Å²) in [5.41, 5.74) is 8.47. The lowest BCUT2D eigenvalue weighted by Gasteiger charge is -2.20. The molecule has 9 aromatic carbocycles. The van der Waals surface area contributed by atoms with Gasteiger partial charge in [0, 0.05) is 16.5 Å². The SMILES string of the molecule is c1ccc(-n2c3ccc(-c4cccc(P(c5ccccc5)c5ccccc5)c4)cc3c3cc(-c4cccc(P(c5ccccc5)c5ccccc5)c4)ccc32)cc1. The Labute approximate surface area is 337 Å². The van der Waals surface area contributed by atoms with Crippen molar-refractivity contribution < 1.29 is 0 Å². The second-order valence-electron chi connectivity index (χ2n) is 14.2. The van der Waals surface area contributed by atoms with Gasteiger partial charge >= 0.3 is 0 Å². The molecule has 0 saturated carbocycles. The highest BCUT2D eigenvalue weighted by Gasteiger charge is 2.20. The van der Waals surface area contributed by atoms with Crippen molar-refractivity contribution in [3.05, 3.63) is 237 Å². The largest absolute Gasteiger partial charge is 0.309 e. The summed E-state index contributed by atoms with van der Waals surface area (Å²) < 4.78 is 2.42. The first kappa shape index (κ1) is 35.1. The van der Waals surface area contributed by atoms with Crippen LogP contribution in [0.1, 0.15) is 0 Å². The minimum Gasteiger partial charge on any atom is -0.309 e. The van der Waals surface area contributed by atoms with Crippen molar-refractivity contribution in [2.45, 2.75) is 0 Å². The molecule has 0 fully saturated rings. The van der Waals surface area contributed by atoms with Crippen molar-refractivity contribution in [3.8, 4) is 27.9 Å². The van der Waals surface area contributed by atoms with Gasteiger partial charge in [0.1, 0.15) is 0 Å². The van der Waals surface area contributed by atoms with Crippen molar-refractivity contribution in [1.82, 2.24) is 4.57 Å². The molecule has 0 aliphatic rings. The molecule has 0 saturated heterocycles. The average molecular weight is 764 g/mol. The molecule has 0 unspecified atom stereocenters. The Morgan fingerprint density at radius 2 is 0.561 bits per heavy atom. The molecule has 0 radical (unpaired) electrons. The molecule has 10 rings (SSSR count). The number of nitrogens with zero attached hydrogens (tertiary/aromatic N) is 1. The van der Waals surface area contributed by atoms with Gasteiger partial charge in [-0.2, -0.15) is 0 Å². The highest BCUT2D eigenvalue weighted by molar-refractivity contribution is 7.80. The Morgan fingerprint density at radius 1 is 0.246 bits per heavy atom. The molecule has 57 heavy (non-hydrogen) atoms. The molecule has 0 atom stereocenters. The molecule has 3 heteroatoms. The van der Waals surface area contributed by atoms with E-state index >= 15 is 0 Å². The lowest BCUT2D eigenvalue weighted by atomic mass is 10.0. The topological polar surface area (TPSA) is 4.93 Å². The van der Waals surface area contributed by atoms with Gasteiger partial charge in [-0.15, -0.1) is 0 Å². The van der Waals surface area contributed by atoms with Crippen molar-refractivity contribution in [2.75, 3.05) is 0 Å². The molecule has 0 aliphatic heterocycles. The molecule has 1 heterocycles. The third-order valence-electron chi connectivity index (χ3n) is 10.7. The van der Waals surface area contributed by atoms with E-state index in [9.17, 15) is 0 Å². The Hall–Kier alpha value is -6.36. The Balaban J connectivity index is 1.11. The van der Waals surface area contributed by atoms with Crippen LogP contribution in [0.25, 0.3) is 49.7 Å². The fourth-order valence-electron chi connectivity index (χ4n) is 8.09. The predicted molar refractivity (Wildman–Crippen MR) is 249 cm³/mol. The quantitative estimate of drug-likeness (QED) is 0.129. The molecule has 1 nitrogen and oxygen atoms in total. The van der Waals surface area contributed by atoms with Crippen LogP contribution in [0.15, 0.2) is 237 Å². The summed E-state index contributed by atoms with van der Waals surface area (Å²) in [4.78, 5) is 0. The van der Waals surface area contributed by atoms with Crippen molar-refractivity contribution in [1.29, 1.82) is 0 Å². The summed E-state index contributed by atoms with van der Waals surface area (Å²) in [6.07, 6.45) is 0. The van der Waals surface area contributed by atoms with E-state index in [2.05, 4.69) is 241 Å². The summed E-state index contributed by atoms with van der Waals surface area (Å²) in [6, 6.07) is 87.1. The van der Waals surface area contributed by atoms with Crippen LogP contribution in [0.5, 0.6) is 0 Å². The zero-order valence-electron chi connectivity index (χ0n) is 31.4. The first-order valence-electron chi connectivity index (χ1n) is 19.4. The molecule has 10 aromatic rings. The van der Waals surface area contributed by atoms with E-state index in [0.29, 0.717) is 0 Å². The van der Waals surface area contributed by atoms with Gasteiger partial charge in [0.25, 0.3) is 0 Å². The van der Waals surface area contributed by atoms with Crippen LogP contribution in [-0.4, -0.2) is 4.57 Å². The molecule has 270 valence electrons. The summed E-state index contributed by atoms with van der Waals surface area (Å²) in [5, 5.41) is 10.6. The van der Waals surface area contributed by atoms with E-state index in [-0.39, 0.29) is 0 Å². The second kappa shape index (κ2) is 15.6. The zero-order valence-corrected chi connectivity index (χ0v) is 33.1. The molecule has 1 aromatic heterocycles. The number of fused-ring (bicyclic) bond motifs is 3. The Kier molecular flexibility index (Phi) is 9.63. The van der Waals surface area contributed by atoms with E-state index in [1.165, 1.54) is 75.9 Å². The van der Waals surface area contributed by atoms with E-state index in [1.807, 2.05) is 0 Å². The Morgan fingerprint density at radius 3 is 0.930 bits per heavy atom. The maximum absolute atomic E-state index is 2.42. The number of aromatic nitrogens is 1. The first-order valence-corrected chi connectivity index (χ1v) is 22.1.